The Kier molecular flexibility index (Phi) is 7.58. The highest BCUT2D eigenvalue weighted by Crippen LogP contribution is 2.31. The van der Waals surface area contributed by atoms with Crippen molar-refractivity contribution < 1.29 is 33.3 Å². The van der Waals surface area contributed by atoms with Gasteiger partial charge in [-0.15, -0.1) is 0 Å². The number of allylic oxidation sites excluding steroid dienone is 1. The molecule has 0 aliphatic carbocycles. The number of nitrogens with zero attached hydrogens (tertiary/aromatic N) is 2. The van der Waals surface area contributed by atoms with Crippen molar-refractivity contribution in [2.24, 2.45) is 4.99 Å². The molecule has 0 saturated carbocycles. The molecule has 0 N–H and O–H groups in total. The Morgan fingerprint density at radius 2 is 1.63 bits per heavy atom. The minimum absolute atomic E-state index is 0.111. The SMILES string of the molecule is COC(=O)C1=C(C)N=c2s/c(=C\c3ccc(OC(C)=O)cc3OC(C)=O)c(=O)n2C1c1ccc(OC)cc1. The van der Waals surface area contributed by atoms with Crippen LogP contribution in [0.1, 0.15) is 37.9 Å². The van der Waals surface area contributed by atoms with E-state index in [2.05, 4.69) is 4.99 Å². The van der Waals surface area contributed by atoms with E-state index in [4.69, 9.17) is 18.9 Å². The number of methoxy groups -OCH3 is 2. The van der Waals surface area contributed by atoms with Crippen molar-refractivity contribution in [1.29, 1.82) is 0 Å². The molecule has 0 bridgehead atoms. The van der Waals surface area contributed by atoms with Crippen LogP contribution in [0.15, 0.2) is 63.5 Å². The maximum atomic E-state index is 13.7. The van der Waals surface area contributed by atoms with E-state index in [0.717, 1.165) is 11.3 Å². The van der Waals surface area contributed by atoms with Crippen molar-refractivity contribution in [1.82, 2.24) is 4.57 Å². The predicted octanol–water partition coefficient (Wildman–Crippen LogP) is 2.27. The van der Waals surface area contributed by atoms with Crippen LogP contribution in [-0.4, -0.2) is 36.7 Å². The third-order valence-corrected chi connectivity index (χ3v) is 6.63. The number of benzene rings is 2. The zero-order valence-corrected chi connectivity index (χ0v) is 22.1. The highest BCUT2D eigenvalue weighted by atomic mass is 32.1. The topological polar surface area (TPSA) is 122 Å². The lowest BCUT2D eigenvalue weighted by Crippen LogP contribution is -2.39. The Morgan fingerprint density at radius 3 is 2.24 bits per heavy atom. The lowest BCUT2D eigenvalue weighted by atomic mass is 9.96. The summed E-state index contributed by atoms with van der Waals surface area (Å²) in [6, 6.07) is 10.7. The maximum absolute atomic E-state index is 13.7. The molecule has 0 fully saturated rings. The first-order valence-electron chi connectivity index (χ1n) is 11.4. The van der Waals surface area contributed by atoms with E-state index in [1.165, 1.54) is 37.7 Å². The number of ether oxygens (including phenoxy) is 4. The Labute approximate surface area is 221 Å². The van der Waals surface area contributed by atoms with Crippen LogP contribution in [0.3, 0.4) is 0 Å². The number of rotatable bonds is 6. The van der Waals surface area contributed by atoms with Crippen LogP contribution in [-0.2, 0) is 19.1 Å². The van der Waals surface area contributed by atoms with Gasteiger partial charge in [-0.3, -0.25) is 19.0 Å². The summed E-state index contributed by atoms with van der Waals surface area (Å²) >= 11 is 1.12. The first-order chi connectivity index (χ1) is 18.1. The molecule has 3 aromatic rings. The summed E-state index contributed by atoms with van der Waals surface area (Å²) in [4.78, 5) is 54.5. The van der Waals surface area contributed by atoms with Crippen LogP contribution >= 0.6 is 11.3 Å². The maximum Gasteiger partial charge on any atom is 0.338 e. The number of hydrogen-bond acceptors (Lipinski definition) is 10. The number of thiazole rings is 1. The molecule has 1 aromatic heterocycles. The fraction of sp³-hybridized carbons (Fsp3) is 0.222. The molecule has 11 heteroatoms. The molecule has 1 unspecified atom stereocenters. The lowest BCUT2D eigenvalue weighted by molar-refractivity contribution is -0.137. The van der Waals surface area contributed by atoms with E-state index >= 15 is 0 Å². The highest BCUT2D eigenvalue weighted by Gasteiger charge is 2.33. The molecular formula is C27H24N2O8S. The van der Waals surface area contributed by atoms with E-state index in [9.17, 15) is 19.2 Å². The standard InChI is InChI=1S/C27H24N2O8S/c1-14-23(26(33)35-5)24(17-6-9-19(34-4)10-7-17)29-25(32)22(38-27(29)28-14)12-18-8-11-20(36-15(2)30)13-21(18)37-16(3)31/h6-13,24H,1-5H3/b22-12-. The molecule has 1 aliphatic rings. The van der Waals surface area contributed by atoms with Gasteiger partial charge in [0.2, 0.25) is 0 Å². The molecule has 4 rings (SSSR count). The summed E-state index contributed by atoms with van der Waals surface area (Å²) in [6.45, 7) is 4.18. The normalized spacial score (nSPS) is 14.9. The molecule has 0 saturated heterocycles. The first kappa shape index (κ1) is 26.6. The number of hydrogen-bond donors (Lipinski definition) is 0. The molecule has 0 amide bonds. The average Bonchev–Trinajstić information content (AvgIpc) is 3.18. The van der Waals surface area contributed by atoms with E-state index in [1.807, 2.05) is 0 Å². The van der Waals surface area contributed by atoms with Gasteiger partial charge in [0, 0.05) is 25.5 Å². The van der Waals surface area contributed by atoms with Gasteiger partial charge >= 0.3 is 17.9 Å². The quantitative estimate of drug-likeness (QED) is 0.347. The van der Waals surface area contributed by atoms with Gasteiger partial charge in [-0.25, -0.2) is 9.79 Å². The van der Waals surface area contributed by atoms with Gasteiger partial charge < -0.3 is 18.9 Å². The fourth-order valence-corrected chi connectivity index (χ4v) is 5.08. The second kappa shape index (κ2) is 10.9. The van der Waals surface area contributed by atoms with Crippen molar-refractivity contribution in [2.45, 2.75) is 26.8 Å². The van der Waals surface area contributed by atoms with Crippen LogP contribution in [0.2, 0.25) is 0 Å². The van der Waals surface area contributed by atoms with Crippen LogP contribution in [0.4, 0.5) is 0 Å². The summed E-state index contributed by atoms with van der Waals surface area (Å²) in [5.41, 5.74) is 1.34. The molecule has 2 heterocycles. The van der Waals surface area contributed by atoms with Gasteiger partial charge in [-0.05, 0) is 42.8 Å². The minimum Gasteiger partial charge on any atom is -0.497 e. The van der Waals surface area contributed by atoms with Gasteiger partial charge in [0.1, 0.15) is 17.2 Å². The van der Waals surface area contributed by atoms with E-state index in [-0.39, 0.29) is 21.6 Å². The third-order valence-electron chi connectivity index (χ3n) is 5.65. The van der Waals surface area contributed by atoms with Crippen LogP contribution in [0.5, 0.6) is 17.2 Å². The smallest absolute Gasteiger partial charge is 0.338 e. The number of esters is 3. The monoisotopic (exact) mass is 536 g/mol. The van der Waals surface area contributed by atoms with Crippen LogP contribution in [0.25, 0.3) is 6.08 Å². The first-order valence-corrected chi connectivity index (χ1v) is 12.2. The predicted molar refractivity (Wildman–Crippen MR) is 138 cm³/mol. The van der Waals surface area contributed by atoms with Gasteiger partial charge in [0.15, 0.2) is 4.80 Å². The average molecular weight is 537 g/mol. The largest absolute Gasteiger partial charge is 0.497 e. The molecular weight excluding hydrogens is 512 g/mol. The number of carbonyl (C=O) groups excluding carboxylic acids is 3. The molecule has 0 radical (unpaired) electrons. The van der Waals surface area contributed by atoms with E-state index in [1.54, 1.807) is 50.4 Å². The summed E-state index contributed by atoms with van der Waals surface area (Å²) in [5, 5.41) is 0. The Hall–Kier alpha value is -4.51. The van der Waals surface area contributed by atoms with Gasteiger partial charge in [-0.1, -0.05) is 23.5 Å². The Bertz CT molecular complexity index is 1650. The molecule has 1 atom stereocenters. The Balaban J connectivity index is 1.92. The van der Waals surface area contributed by atoms with Gasteiger partial charge in [-0.2, -0.15) is 0 Å². The fourth-order valence-electron chi connectivity index (χ4n) is 4.04. The summed E-state index contributed by atoms with van der Waals surface area (Å²) in [7, 11) is 2.82. The van der Waals surface area contributed by atoms with Crippen LogP contribution in [0, 0.1) is 0 Å². The summed E-state index contributed by atoms with van der Waals surface area (Å²) in [5.74, 6) is -0.796. The van der Waals surface area contributed by atoms with Gasteiger partial charge in [0.05, 0.1) is 36.1 Å². The highest BCUT2D eigenvalue weighted by molar-refractivity contribution is 7.07. The zero-order valence-electron chi connectivity index (χ0n) is 21.3. The minimum atomic E-state index is -0.786. The number of fused-ring (bicyclic) bond motifs is 1. The molecule has 10 nitrogen and oxygen atoms in total. The van der Waals surface area contributed by atoms with Crippen LogP contribution < -0.4 is 29.1 Å². The molecule has 196 valence electrons. The molecule has 2 aromatic carbocycles. The van der Waals surface area contributed by atoms with Crippen molar-refractivity contribution in [3.8, 4) is 17.2 Å². The number of carbonyl (C=O) groups is 3. The summed E-state index contributed by atoms with van der Waals surface area (Å²) < 4.78 is 22.4. The molecule has 0 spiro atoms. The van der Waals surface area contributed by atoms with E-state index < -0.39 is 29.5 Å². The summed E-state index contributed by atoms with van der Waals surface area (Å²) in [6.07, 6.45) is 1.56. The van der Waals surface area contributed by atoms with E-state index in [0.29, 0.717) is 27.4 Å². The third kappa shape index (κ3) is 5.28. The second-order valence-corrected chi connectivity index (χ2v) is 9.24. The second-order valence-electron chi connectivity index (χ2n) is 8.23. The molecule has 38 heavy (non-hydrogen) atoms. The van der Waals surface area contributed by atoms with Crippen molar-refractivity contribution in [3.63, 3.8) is 0 Å². The van der Waals surface area contributed by atoms with Crippen molar-refractivity contribution in [3.05, 3.63) is 84.5 Å². The van der Waals surface area contributed by atoms with Crippen molar-refractivity contribution >= 4 is 35.3 Å². The number of aromatic nitrogens is 1. The molecule has 1 aliphatic heterocycles. The van der Waals surface area contributed by atoms with Gasteiger partial charge in [0.25, 0.3) is 5.56 Å². The van der Waals surface area contributed by atoms with Crippen molar-refractivity contribution in [2.75, 3.05) is 14.2 Å². The zero-order chi connectivity index (χ0) is 27.6. The Morgan fingerprint density at radius 1 is 0.974 bits per heavy atom. The lowest BCUT2D eigenvalue weighted by Gasteiger charge is -2.24.